The fraction of sp³-hybridized carbons (Fsp3) is 0.600. The Balaban J connectivity index is 2.08. The monoisotopic (exact) mass is 266 g/mol. The third kappa shape index (κ3) is 3.32. The Morgan fingerprint density at radius 1 is 1.42 bits per heavy atom. The van der Waals surface area contributed by atoms with E-state index in [0.717, 1.165) is 31.6 Å². The van der Waals surface area contributed by atoms with Gasteiger partial charge in [-0.2, -0.15) is 0 Å². The minimum Gasteiger partial charge on any atom is -0.378 e. The molecule has 2 unspecified atom stereocenters. The average molecular weight is 266 g/mol. The van der Waals surface area contributed by atoms with Crippen LogP contribution in [0.25, 0.3) is 0 Å². The Labute approximate surface area is 114 Å². The lowest BCUT2D eigenvalue weighted by molar-refractivity contribution is -0.0584. The summed E-state index contributed by atoms with van der Waals surface area (Å²) in [7, 11) is 2.09. The van der Waals surface area contributed by atoms with Gasteiger partial charge in [-0.15, -0.1) is 0 Å². The Kier molecular flexibility index (Phi) is 4.55. The molecule has 3 nitrogen and oxygen atoms in total. The van der Waals surface area contributed by atoms with Gasteiger partial charge in [-0.25, -0.2) is 4.39 Å². The molecule has 1 heterocycles. The number of halogens is 1. The minimum atomic E-state index is -0.195. The number of likely N-dealkylation sites (N-methyl/N-ethyl adjacent to an activating group) is 1. The molecule has 0 saturated carbocycles. The van der Waals surface area contributed by atoms with E-state index >= 15 is 0 Å². The molecule has 0 spiro atoms. The summed E-state index contributed by atoms with van der Waals surface area (Å²) in [4.78, 5) is 2.29. The van der Waals surface area contributed by atoms with Gasteiger partial charge in [-0.05, 0) is 44.5 Å². The van der Waals surface area contributed by atoms with Gasteiger partial charge in [0.15, 0.2) is 0 Å². The van der Waals surface area contributed by atoms with E-state index in [9.17, 15) is 4.39 Å². The molecule has 1 fully saturated rings. The van der Waals surface area contributed by atoms with Crippen molar-refractivity contribution < 1.29 is 9.13 Å². The smallest absolute Gasteiger partial charge is 0.123 e. The lowest BCUT2D eigenvalue weighted by Crippen LogP contribution is -2.56. The predicted molar refractivity (Wildman–Crippen MR) is 74.3 cm³/mol. The van der Waals surface area contributed by atoms with Gasteiger partial charge in [0, 0.05) is 25.2 Å². The van der Waals surface area contributed by atoms with E-state index in [1.165, 1.54) is 12.1 Å². The molecule has 19 heavy (non-hydrogen) atoms. The van der Waals surface area contributed by atoms with Crippen LogP contribution in [0.3, 0.4) is 0 Å². The van der Waals surface area contributed by atoms with Crippen LogP contribution in [0.2, 0.25) is 0 Å². The summed E-state index contributed by atoms with van der Waals surface area (Å²) in [5.41, 5.74) is 7.12. The highest BCUT2D eigenvalue weighted by Crippen LogP contribution is 2.30. The van der Waals surface area contributed by atoms with Gasteiger partial charge >= 0.3 is 0 Å². The lowest BCUT2D eigenvalue weighted by Gasteiger charge is -2.46. The summed E-state index contributed by atoms with van der Waals surface area (Å²) in [6, 6.07) is 6.67. The molecule has 0 amide bonds. The van der Waals surface area contributed by atoms with Crippen molar-refractivity contribution >= 4 is 0 Å². The van der Waals surface area contributed by atoms with E-state index < -0.39 is 0 Å². The highest BCUT2D eigenvalue weighted by molar-refractivity contribution is 5.16. The molecule has 2 atom stereocenters. The summed E-state index contributed by atoms with van der Waals surface area (Å²) in [6.45, 7) is 4.25. The molecule has 1 aliphatic heterocycles. The van der Waals surface area contributed by atoms with Gasteiger partial charge in [0.05, 0.1) is 6.10 Å². The van der Waals surface area contributed by atoms with Crippen molar-refractivity contribution in [3.8, 4) is 0 Å². The Hall–Kier alpha value is -0.970. The number of benzene rings is 1. The first-order valence-electron chi connectivity index (χ1n) is 6.83. The standard InChI is InChI=1S/C15H23FN2O/c1-12-9-15(11-17,7-8-19-12)18(2)10-13-3-5-14(16)6-4-13/h3-6,12H,7-11,17H2,1-2H3. The van der Waals surface area contributed by atoms with Crippen molar-refractivity contribution in [2.24, 2.45) is 5.73 Å². The maximum atomic E-state index is 12.9. The van der Waals surface area contributed by atoms with Crippen LogP contribution in [0.1, 0.15) is 25.3 Å². The first kappa shape index (κ1) is 14.4. The zero-order chi connectivity index (χ0) is 13.9. The van der Waals surface area contributed by atoms with Crippen LogP contribution < -0.4 is 5.73 Å². The highest BCUT2D eigenvalue weighted by atomic mass is 19.1. The first-order valence-corrected chi connectivity index (χ1v) is 6.83. The average Bonchev–Trinajstić information content (AvgIpc) is 2.41. The number of hydrogen-bond acceptors (Lipinski definition) is 3. The second-order valence-corrected chi connectivity index (χ2v) is 5.55. The van der Waals surface area contributed by atoms with Crippen LogP contribution in [-0.4, -0.2) is 36.7 Å². The van der Waals surface area contributed by atoms with E-state index in [0.29, 0.717) is 6.54 Å². The van der Waals surface area contributed by atoms with Gasteiger partial charge in [-0.3, -0.25) is 4.90 Å². The molecule has 106 valence electrons. The Bertz CT molecular complexity index is 409. The SMILES string of the molecule is CC1CC(CN)(N(C)Cc2ccc(F)cc2)CCO1. The molecule has 0 radical (unpaired) electrons. The molecule has 1 aliphatic rings. The van der Waals surface area contributed by atoms with E-state index in [4.69, 9.17) is 10.5 Å². The van der Waals surface area contributed by atoms with Gasteiger partial charge in [0.2, 0.25) is 0 Å². The molecule has 1 saturated heterocycles. The van der Waals surface area contributed by atoms with E-state index in [1.54, 1.807) is 0 Å². The second-order valence-electron chi connectivity index (χ2n) is 5.55. The van der Waals surface area contributed by atoms with Gasteiger partial charge in [-0.1, -0.05) is 12.1 Å². The van der Waals surface area contributed by atoms with Crippen LogP contribution in [0.15, 0.2) is 24.3 Å². The van der Waals surface area contributed by atoms with Crippen molar-refractivity contribution in [1.29, 1.82) is 0 Å². The summed E-state index contributed by atoms with van der Waals surface area (Å²) in [6.07, 6.45) is 2.14. The van der Waals surface area contributed by atoms with Crippen molar-refractivity contribution in [1.82, 2.24) is 4.90 Å². The van der Waals surface area contributed by atoms with E-state index in [2.05, 4.69) is 18.9 Å². The third-order valence-electron chi connectivity index (χ3n) is 4.16. The predicted octanol–water partition coefficient (Wildman–Crippen LogP) is 2.15. The van der Waals surface area contributed by atoms with Crippen molar-refractivity contribution in [3.05, 3.63) is 35.6 Å². The number of nitrogens with two attached hydrogens (primary N) is 1. The fourth-order valence-corrected chi connectivity index (χ4v) is 2.87. The quantitative estimate of drug-likeness (QED) is 0.907. The molecular formula is C15H23FN2O. The largest absolute Gasteiger partial charge is 0.378 e. The number of hydrogen-bond donors (Lipinski definition) is 1. The maximum absolute atomic E-state index is 12.9. The van der Waals surface area contributed by atoms with Crippen molar-refractivity contribution in [2.75, 3.05) is 20.2 Å². The molecule has 0 aromatic heterocycles. The number of nitrogens with zero attached hydrogens (tertiary/aromatic N) is 1. The van der Waals surface area contributed by atoms with Gasteiger partial charge in [0.1, 0.15) is 5.82 Å². The summed E-state index contributed by atoms with van der Waals surface area (Å²) in [5, 5.41) is 0. The number of ether oxygens (including phenoxy) is 1. The second kappa shape index (κ2) is 5.99. The van der Waals surface area contributed by atoms with Gasteiger partial charge < -0.3 is 10.5 Å². The zero-order valence-corrected chi connectivity index (χ0v) is 11.7. The summed E-state index contributed by atoms with van der Waals surface area (Å²) in [5.74, 6) is -0.195. The zero-order valence-electron chi connectivity index (χ0n) is 11.7. The normalized spacial score (nSPS) is 27.7. The molecule has 2 N–H and O–H groups in total. The Morgan fingerprint density at radius 2 is 2.11 bits per heavy atom. The molecule has 2 rings (SSSR count). The van der Waals surface area contributed by atoms with E-state index in [-0.39, 0.29) is 17.5 Å². The van der Waals surface area contributed by atoms with Gasteiger partial charge in [0.25, 0.3) is 0 Å². The van der Waals surface area contributed by atoms with Crippen LogP contribution in [0, 0.1) is 5.82 Å². The molecule has 1 aromatic carbocycles. The van der Waals surface area contributed by atoms with Crippen LogP contribution in [0.4, 0.5) is 4.39 Å². The summed E-state index contributed by atoms with van der Waals surface area (Å²) < 4.78 is 18.5. The third-order valence-corrected chi connectivity index (χ3v) is 4.16. The molecule has 1 aromatic rings. The summed E-state index contributed by atoms with van der Waals surface area (Å²) >= 11 is 0. The van der Waals surface area contributed by atoms with Crippen molar-refractivity contribution in [2.45, 2.75) is 38.0 Å². The topological polar surface area (TPSA) is 38.5 Å². The lowest BCUT2D eigenvalue weighted by atomic mass is 9.85. The van der Waals surface area contributed by atoms with Crippen LogP contribution >= 0.6 is 0 Å². The van der Waals surface area contributed by atoms with Crippen molar-refractivity contribution in [3.63, 3.8) is 0 Å². The number of rotatable bonds is 4. The van der Waals surface area contributed by atoms with Crippen LogP contribution in [0.5, 0.6) is 0 Å². The fourth-order valence-electron chi connectivity index (χ4n) is 2.87. The highest BCUT2D eigenvalue weighted by Gasteiger charge is 2.37. The minimum absolute atomic E-state index is 0.00788. The molecular weight excluding hydrogens is 243 g/mol. The Morgan fingerprint density at radius 3 is 2.68 bits per heavy atom. The van der Waals surface area contributed by atoms with E-state index in [1.807, 2.05) is 12.1 Å². The van der Waals surface area contributed by atoms with Crippen LogP contribution in [-0.2, 0) is 11.3 Å². The molecule has 0 aliphatic carbocycles. The maximum Gasteiger partial charge on any atom is 0.123 e. The first-order chi connectivity index (χ1) is 9.05. The molecule has 0 bridgehead atoms. The molecule has 4 heteroatoms.